The zero-order valence-corrected chi connectivity index (χ0v) is 14.3. The van der Waals surface area contributed by atoms with Crippen LogP contribution in [0, 0.1) is 0 Å². The molecule has 1 atom stereocenters. The number of ether oxygens (including phenoxy) is 1. The van der Waals surface area contributed by atoms with Gasteiger partial charge in [0.1, 0.15) is 0 Å². The van der Waals surface area contributed by atoms with E-state index in [9.17, 15) is 40.7 Å². The number of carboxylic acids is 2. The first kappa shape index (κ1) is 29.0. The number of aliphatic carboxylic acids is 2. The lowest BCUT2D eigenvalue weighted by molar-refractivity contribution is -0.253. The number of carbonyl (C=O) groups excluding carboxylic acids is 1. The second kappa shape index (κ2) is 12.5. The first-order valence-electron chi connectivity index (χ1n) is 6.55. The lowest BCUT2D eigenvalue weighted by atomic mass is 10.2. The van der Waals surface area contributed by atoms with Gasteiger partial charge in [-0.1, -0.05) is 19.7 Å². The molecular weight excluding hydrogens is 390 g/mol. The second-order valence-electron chi connectivity index (χ2n) is 4.65. The number of carbonyl (C=O) groups is 3. The molecule has 0 aromatic heterocycles. The van der Waals surface area contributed by atoms with Crippen molar-refractivity contribution in [3.63, 3.8) is 0 Å². The molecule has 0 bridgehead atoms. The van der Waals surface area contributed by atoms with E-state index in [2.05, 4.69) is 24.5 Å². The molecule has 0 spiro atoms. The minimum atomic E-state index is -5.71. The fourth-order valence-corrected chi connectivity index (χ4v) is 0.598. The molecule has 0 amide bonds. The number of carboxylic acid groups (broad SMARTS) is 2. The number of hydrogen-bond acceptors (Lipinski definition) is 4. The highest BCUT2D eigenvalue weighted by Crippen LogP contribution is 2.35. The molecule has 0 fully saturated rings. The van der Waals surface area contributed by atoms with Crippen LogP contribution in [0.3, 0.4) is 0 Å². The molecule has 6 nitrogen and oxygen atoms in total. The van der Waals surface area contributed by atoms with Crippen molar-refractivity contribution in [2.75, 3.05) is 6.61 Å². The number of halogens is 6. The fraction of sp³-hybridized carbons (Fsp3) is 0.400. The highest BCUT2D eigenvalue weighted by atomic mass is 19.4. The third-order valence-corrected chi connectivity index (χ3v) is 1.94. The Morgan fingerprint density at radius 3 is 1.56 bits per heavy atom. The highest BCUT2D eigenvalue weighted by Gasteiger charge is 2.57. The topological polar surface area (TPSA) is 101 Å². The van der Waals surface area contributed by atoms with Crippen LogP contribution in [0.15, 0.2) is 37.0 Å². The molecule has 2 N–H and O–H groups in total. The summed E-state index contributed by atoms with van der Waals surface area (Å²) in [6, 6.07) is 0. The Hall–Kier alpha value is -2.79. The van der Waals surface area contributed by atoms with Crippen LogP contribution in [-0.4, -0.2) is 53.0 Å². The van der Waals surface area contributed by atoms with E-state index in [1.54, 1.807) is 0 Å². The largest absolute Gasteiger partial charge is 0.478 e. The highest BCUT2D eigenvalue weighted by molar-refractivity contribution is 5.87. The summed E-state index contributed by atoms with van der Waals surface area (Å²) in [5.41, 5.74) is -0.104. The van der Waals surface area contributed by atoms with Crippen molar-refractivity contribution in [3.8, 4) is 0 Å². The summed E-state index contributed by atoms with van der Waals surface area (Å²) in [4.78, 5) is 29.5. The summed E-state index contributed by atoms with van der Waals surface area (Å²) < 4.78 is 75.9. The van der Waals surface area contributed by atoms with Crippen molar-refractivity contribution in [2.24, 2.45) is 0 Å². The Morgan fingerprint density at radius 1 is 1.04 bits per heavy atom. The van der Waals surface area contributed by atoms with Crippen molar-refractivity contribution < 1.29 is 55.7 Å². The Balaban J connectivity index is -0.000000428. The normalized spacial score (nSPS) is 11.4. The van der Waals surface area contributed by atoms with Crippen LogP contribution in [0.5, 0.6) is 0 Å². The van der Waals surface area contributed by atoms with Crippen LogP contribution < -0.4 is 0 Å². The minimum absolute atomic E-state index is 0.176. The minimum Gasteiger partial charge on any atom is -0.478 e. The number of rotatable bonds is 6. The van der Waals surface area contributed by atoms with Gasteiger partial charge in [-0.25, -0.2) is 18.8 Å². The molecule has 0 aromatic rings. The molecule has 0 saturated heterocycles. The lowest BCUT2D eigenvalue weighted by Crippen LogP contribution is -2.45. The molecule has 0 heterocycles. The van der Waals surface area contributed by atoms with Gasteiger partial charge in [0.2, 0.25) is 0 Å². The zero-order valence-electron chi connectivity index (χ0n) is 14.3. The maximum atomic E-state index is 12.5. The summed E-state index contributed by atoms with van der Waals surface area (Å²) >= 11 is 0. The quantitative estimate of drug-likeness (QED) is 0.396. The van der Waals surface area contributed by atoms with Crippen LogP contribution in [-0.2, 0) is 19.1 Å². The second-order valence-corrected chi connectivity index (χ2v) is 4.65. The van der Waals surface area contributed by atoms with Crippen LogP contribution in [0.25, 0.3) is 0 Å². The van der Waals surface area contributed by atoms with Gasteiger partial charge in [0.25, 0.3) is 6.17 Å². The summed E-state index contributed by atoms with van der Waals surface area (Å²) in [5.74, 6) is -8.04. The first-order valence-corrected chi connectivity index (χ1v) is 6.55. The monoisotopic (exact) mass is 408 g/mol. The number of alkyl halides is 6. The fourth-order valence-electron chi connectivity index (χ4n) is 0.598. The van der Waals surface area contributed by atoms with Crippen LogP contribution in [0.1, 0.15) is 13.8 Å². The summed E-state index contributed by atoms with van der Waals surface area (Å²) in [6.07, 6.45) is -9.25. The molecule has 0 aliphatic carbocycles. The number of esters is 1. The Morgan fingerprint density at radius 2 is 1.37 bits per heavy atom. The maximum absolute atomic E-state index is 12.5. The molecule has 0 aromatic carbocycles. The molecule has 0 rings (SSSR count). The van der Waals surface area contributed by atoms with E-state index in [1.165, 1.54) is 6.92 Å². The molecule has 0 aliphatic rings. The maximum Gasteiger partial charge on any atom is 0.425 e. The van der Waals surface area contributed by atoms with E-state index >= 15 is 0 Å². The third-order valence-electron chi connectivity index (χ3n) is 1.94. The average molecular weight is 408 g/mol. The SMILES string of the molecule is C=C(C)C(=O)O.C=C(C)C(=O)OCC(F)(F)C(F)C(F)(F)F.C=CC(=O)O. The van der Waals surface area contributed by atoms with Crippen molar-refractivity contribution in [2.45, 2.75) is 32.1 Å². The summed E-state index contributed by atoms with van der Waals surface area (Å²) in [7, 11) is 0. The molecule has 27 heavy (non-hydrogen) atoms. The van der Waals surface area contributed by atoms with E-state index in [0.717, 1.165) is 13.0 Å². The third kappa shape index (κ3) is 16.4. The lowest BCUT2D eigenvalue weighted by Gasteiger charge is -2.22. The van der Waals surface area contributed by atoms with Crippen LogP contribution in [0.4, 0.5) is 26.3 Å². The molecule has 0 radical (unpaired) electrons. The van der Waals surface area contributed by atoms with Gasteiger partial charge in [-0.15, -0.1) is 0 Å². The van der Waals surface area contributed by atoms with Crippen molar-refractivity contribution in [1.29, 1.82) is 0 Å². The van der Waals surface area contributed by atoms with Gasteiger partial charge < -0.3 is 14.9 Å². The zero-order chi connectivity index (χ0) is 22.6. The average Bonchev–Trinajstić information content (AvgIpc) is 2.51. The van der Waals surface area contributed by atoms with Gasteiger partial charge in [-0.2, -0.15) is 22.0 Å². The predicted octanol–water partition coefficient (Wildman–Crippen LogP) is 3.55. The molecule has 0 saturated carbocycles. The summed E-state index contributed by atoms with van der Waals surface area (Å²) in [5, 5.41) is 15.5. The van der Waals surface area contributed by atoms with E-state index in [-0.39, 0.29) is 11.1 Å². The molecule has 12 heteroatoms. The van der Waals surface area contributed by atoms with Gasteiger partial charge in [0.15, 0.2) is 6.61 Å². The van der Waals surface area contributed by atoms with E-state index in [4.69, 9.17) is 10.2 Å². The van der Waals surface area contributed by atoms with Gasteiger partial charge in [-0.3, -0.25) is 0 Å². The summed E-state index contributed by atoms with van der Waals surface area (Å²) in [6.45, 7) is 9.70. The van der Waals surface area contributed by atoms with Gasteiger partial charge in [0.05, 0.1) is 0 Å². The number of hydrogen-bond donors (Lipinski definition) is 2. The Kier molecular flexibility index (Phi) is 13.5. The van der Waals surface area contributed by atoms with E-state index in [0.29, 0.717) is 0 Å². The molecule has 156 valence electrons. The molecular formula is C15H18F6O6. The van der Waals surface area contributed by atoms with Crippen LogP contribution >= 0.6 is 0 Å². The van der Waals surface area contributed by atoms with Crippen LogP contribution in [0.2, 0.25) is 0 Å². The smallest absolute Gasteiger partial charge is 0.425 e. The van der Waals surface area contributed by atoms with Gasteiger partial charge in [-0.05, 0) is 13.8 Å². The van der Waals surface area contributed by atoms with Crippen molar-refractivity contribution >= 4 is 17.9 Å². The Bertz CT molecular complexity index is 556. The standard InChI is InChI=1S/C8H8F6O2.C4H6O2.C3H4O2/c1-4(2)5(15)16-3-7(10,11)6(9)8(12,13)14;1-3(2)4(5)6;1-2-3(4)5/h6H,1,3H2,2H3;1H2,2H3,(H,5,6);2H,1H2,(H,4,5). The van der Waals surface area contributed by atoms with Gasteiger partial charge >= 0.3 is 30.0 Å². The predicted molar refractivity (Wildman–Crippen MR) is 82.0 cm³/mol. The molecule has 1 unspecified atom stereocenters. The van der Waals surface area contributed by atoms with Crippen molar-refractivity contribution in [3.05, 3.63) is 37.0 Å². The Labute approximate surface area is 150 Å². The first-order chi connectivity index (χ1) is 11.9. The molecule has 0 aliphatic heterocycles. The van der Waals surface area contributed by atoms with Crippen molar-refractivity contribution in [1.82, 2.24) is 0 Å². The van der Waals surface area contributed by atoms with E-state index in [1.807, 2.05) is 0 Å². The van der Waals surface area contributed by atoms with E-state index < -0.39 is 42.8 Å². The van der Waals surface area contributed by atoms with Gasteiger partial charge in [0, 0.05) is 17.2 Å².